The van der Waals surface area contributed by atoms with Gasteiger partial charge >= 0.3 is 0 Å². The van der Waals surface area contributed by atoms with Crippen LogP contribution in [0.5, 0.6) is 0 Å². The molecule has 0 aliphatic rings. The molecule has 4 N–H and O–H groups in total. The molecule has 3 rings (SSSR count). The van der Waals surface area contributed by atoms with Crippen LogP contribution in [0.2, 0.25) is 0 Å². The van der Waals surface area contributed by atoms with Gasteiger partial charge in [-0.25, -0.2) is 13.1 Å². The van der Waals surface area contributed by atoms with Crippen molar-refractivity contribution in [2.24, 2.45) is 5.73 Å². The van der Waals surface area contributed by atoms with Crippen LogP contribution in [0.1, 0.15) is 27.2 Å². The van der Waals surface area contributed by atoms with E-state index >= 15 is 0 Å². The summed E-state index contributed by atoms with van der Waals surface area (Å²) in [6, 6.07) is 16.5. The first kappa shape index (κ1) is 23.0. The van der Waals surface area contributed by atoms with Crippen molar-refractivity contribution < 1.29 is 22.4 Å². The lowest BCUT2D eigenvalue weighted by Crippen LogP contribution is -2.23. The predicted molar refractivity (Wildman–Crippen MR) is 120 cm³/mol. The van der Waals surface area contributed by atoms with Gasteiger partial charge in [0.15, 0.2) is 0 Å². The molecule has 9 heteroatoms. The topological polar surface area (TPSA) is 132 Å². The van der Waals surface area contributed by atoms with Gasteiger partial charge in [0.25, 0.3) is 0 Å². The van der Waals surface area contributed by atoms with Crippen LogP contribution in [-0.2, 0) is 27.8 Å². The third-order valence-electron chi connectivity index (χ3n) is 4.56. The van der Waals surface area contributed by atoms with E-state index in [9.17, 15) is 18.0 Å². The monoisotopic (exact) mass is 453 g/mol. The van der Waals surface area contributed by atoms with Crippen LogP contribution in [0.3, 0.4) is 0 Å². The van der Waals surface area contributed by atoms with Gasteiger partial charge in [0.1, 0.15) is 5.76 Å². The molecule has 166 valence electrons. The minimum Gasteiger partial charge on any atom is -0.468 e. The summed E-state index contributed by atoms with van der Waals surface area (Å²) < 4.78 is 32.3. The molecule has 1 heterocycles. The highest BCUT2D eigenvalue weighted by Crippen LogP contribution is 2.13. The Morgan fingerprint density at radius 3 is 2.50 bits per heavy atom. The zero-order valence-electron chi connectivity index (χ0n) is 17.2. The summed E-state index contributed by atoms with van der Waals surface area (Å²) in [5, 5.41) is 2.76. The maximum absolute atomic E-state index is 12.3. The molecule has 2 amide bonds. The maximum atomic E-state index is 12.3. The third-order valence-corrected chi connectivity index (χ3v) is 5.98. The quantitative estimate of drug-likeness (QED) is 0.405. The number of rotatable bonds is 10. The zero-order chi connectivity index (χ0) is 23.0. The van der Waals surface area contributed by atoms with Gasteiger partial charge in [-0.05, 0) is 60.0 Å². The van der Waals surface area contributed by atoms with Gasteiger partial charge in [-0.1, -0.05) is 24.3 Å². The minimum absolute atomic E-state index is 0.0595. The van der Waals surface area contributed by atoms with E-state index in [-0.39, 0.29) is 17.3 Å². The Hall–Kier alpha value is -3.69. The van der Waals surface area contributed by atoms with Crippen LogP contribution in [0.15, 0.2) is 82.3 Å². The Labute approximate surface area is 186 Å². The third kappa shape index (κ3) is 6.66. The summed E-state index contributed by atoms with van der Waals surface area (Å²) in [5.74, 6) is -0.265. The fourth-order valence-electron chi connectivity index (χ4n) is 2.86. The van der Waals surface area contributed by atoms with Crippen LogP contribution in [0.25, 0.3) is 6.08 Å². The van der Waals surface area contributed by atoms with E-state index in [2.05, 4.69) is 10.0 Å². The number of hydrogen-bond acceptors (Lipinski definition) is 5. The van der Waals surface area contributed by atoms with E-state index in [4.69, 9.17) is 10.2 Å². The van der Waals surface area contributed by atoms with Gasteiger partial charge in [0, 0.05) is 18.2 Å². The second-order valence-electron chi connectivity index (χ2n) is 6.91. The molecule has 3 aromatic rings. The zero-order valence-corrected chi connectivity index (χ0v) is 18.0. The first-order chi connectivity index (χ1) is 15.3. The SMILES string of the molecule is NC(=O)c1cccc(CCNC(=O)/C=C/c2ccc(S(=O)(=O)NCc3ccco3)cc2)c1. The van der Waals surface area contributed by atoms with Gasteiger partial charge in [0.05, 0.1) is 17.7 Å². The van der Waals surface area contributed by atoms with Crippen molar-refractivity contribution in [3.8, 4) is 0 Å². The Bertz CT molecular complexity index is 1200. The summed E-state index contributed by atoms with van der Waals surface area (Å²) in [6.07, 6.45) is 4.99. The molecule has 0 saturated carbocycles. The Balaban J connectivity index is 1.49. The number of nitrogens with two attached hydrogens (primary N) is 1. The standard InChI is InChI=1S/C23H23N3O5S/c24-23(28)19-4-1-3-18(15-19)12-13-25-22(27)11-8-17-6-9-21(10-7-17)32(29,30)26-16-20-5-2-14-31-20/h1-11,14-15,26H,12-13,16H2,(H2,24,28)(H,25,27)/b11-8+. The number of furan rings is 1. The Morgan fingerprint density at radius 1 is 1.03 bits per heavy atom. The number of carbonyl (C=O) groups excluding carboxylic acids is 2. The molecule has 0 aliphatic carbocycles. The second-order valence-corrected chi connectivity index (χ2v) is 8.68. The van der Waals surface area contributed by atoms with Gasteiger partial charge in [-0.3, -0.25) is 9.59 Å². The molecular weight excluding hydrogens is 430 g/mol. The van der Waals surface area contributed by atoms with E-state index in [1.54, 1.807) is 48.5 Å². The van der Waals surface area contributed by atoms with E-state index in [0.717, 1.165) is 5.56 Å². The summed E-state index contributed by atoms with van der Waals surface area (Å²) >= 11 is 0. The number of sulfonamides is 1. The van der Waals surface area contributed by atoms with Crippen molar-refractivity contribution >= 4 is 27.9 Å². The molecule has 0 fully saturated rings. The second kappa shape index (κ2) is 10.6. The molecule has 8 nitrogen and oxygen atoms in total. The number of hydrogen-bond donors (Lipinski definition) is 3. The van der Waals surface area contributed by atoms with Crippen molar-refractivity contribution in [2.45, 2.75) is 17.9 Å². The predicted octanol–water partition coefficient (Wildman–Crippen LogP) is 2.23. The fraction of sp³-hybridized carbons (Fsp3) is 0.130. The molecule has 0 saturated heterocycles. The number of benzene rings is 2. The lowest BCUT2D eigenvalue weighted by atomic mass is 10.1. The highest BCUT2D eigenvalue weighted by atomic mass is 32.2. The number of carbonyl (C=O) groups is 2. The first-order valence-corrected chi connectivity index (χ1v) is 11.3. The molecule has 1 aromatic heterocycles. The molecule has 0 atom stereocenters. The maximum Gasteiger partial charge on any atom is 0.248 e. The van der Waals surface area contributed by atoms with Crippen molar-refractivity contribution in [1.82, 2.24) is 10.0 Å². The summed E-state index contributed by atoms with van der Waals surface area (Å²) in [4.78, 5) is 23.3. The van der Waals surface area contributed by atoms with Crippen LogP contribution >= 0.6 is 0 Å². The van der Waals surface area contributed by atoms with Crippen molar-refractivity contribution in [1.29, 1.82) is 0 Å². The van der Waals surface area contributed by atoms with Crippen LogP contribution in [0.4, 0.5) is 0 Å². The minimum atomic E-state index is -3.67. The van der Waals surface area contributed by atoms with Gasteiger partial charge < -0.3 is 15.5 Å². The number of nitrogens with one attached hydrogen (secondary N) is 2. The van der Waals surface area contributed by atoms with Gasteiger partial charge in [0.2, 0.25) is 21.8 Å². The van der Waals surface area contributed by atoms with Crippen LogP contribution < -0.4 is 15.8 Å². The van der Waals surface area contributed by atoms with Crippen molar-refractivity contribution in [3.63, 3.8) is 0 Å². The molecule has 0 aliphatic heterocycles. The molecule has 0 unspecified atom stereocenters. The van der Waals surface area contributed by atoms with E-state index in [0.29, 0.717) is 29.9 Å². The summed E-state index contributed by atoms with van der Waals surface area (Å²) in [6.45, 7) is 0.452. The van der Waals surface area contributed by atoms with Crippen molar-refractivity contribution in [3.05, 3.63) is 95.5 Å². The molecule has 0 bridgehead atoms. The average molecular weight is 454 g/mol. The lowest BCUT2D eigenvalue weighted by molar-refractivity contribution is -0.116. The summed E-state index contributed by atoms with van der Waals surface area (Å²) in [7, 11) is -3.67. The molecule has 2 aromatic carbocycles. The highest BCUT2D eigenvalue weighted by Gasteiger charge is 2.14. The smallest absolute Gasteiger partial charge is 0.248 e. The molecular formula is C23H23N3O5S. The number of primary amides is 1. The van der Waals surface area contributed by atoms with E-state index < -0.39 is 15.9 Å². The molecule has 0 radical (unpaired) electrons. The normalized spacial score (nSPS) is 11.5. The van der Waals surface area contributed by atoms with E-state index in [1.807, 2.05) is 6.07 Å². The van der Waals surface area contributed by atoms with E-state index in [1.165, 1.54) is 24.5 Å². The average Bonchev–Trinajstić information content (AvgIpc) is 3.31. The number of amides is 2. The molecule has 32 heavy (non-hydrogen) atoms. The Morgan fingerprint density at radius 2 is 1.81 bits per heavy atom. The largest absolute Gasteiger partial charge is 0.468 e. The van der Waals surface area contributed by atoms with Gasteiger partial charge in [-0.2, -0.15) is 0 Å². The first-order valence-electron chi connectivity index (χ1n) is 9.80. The van der Waals surface area contributed by atoms with Crippen LogP contribution in [-0.4, -0.2) is 26.8 Å². The summed E-state index contributed by atoms with van der Waals surface area (Å²) in [5.41, 5.74) is 7.26. The lowest BCUT2D eigenvalue weighted by Gasteiger charge is -2.06. The van der Waals surface area contributed by atoms with Gasteiger partial charge in [-0.15, -0.1) is 0 Å². The molecule has 0 spiro atoms. The fourth-order valence-corrected chi connectivity index (χ4v) is 3.86. The Kier molecular flexibility index (Phi) is 7.58. The highest BCUT2D eigenvalue weighted by molar-refractivity contribution is 7.89. The van der Waals surface area contributed by atoms with Crippen molar-refractivity contribution in [2.75, 3.05) is 6.54 Å². The van der Waals surface area contributed by atoms with Crippen LogP contribution in [0, 0.1) is 0 Å².